The Hall–Kier alpha value is -1.70. The fraction of sp³-hybridized carbons (Fsp3) is 0.167. The van der Waals surface area contributed by atoms with E-state index >= 15 is 0 Å². The Morgan fingerprint density at radius 2 is 1.93 bits per heavy atom. The molecule has 14 heavy (non-hydrogen) atoms. The largest absolute Gasteiger partial charge is 0.489 e. The molecule has 0 atom stereocenters. The first-order chi connectivity index (χ1) is 6.83. The van der Waals surface area contributed by atoms with Crippen LogP contribution in [0.2, 0.25) is 0 Å². The third-order valence-electron chi connectivity index (χ3n) is 2.13. The van der Waals surface area contributed by atoms with E-state index in [1.165, 1.54) is 0 Å². The highest BCUT2D eigenvalue weighted by atomic mass is 16.5. The van der Waals surface area contributed by atoms with E-state index in [4.69, 9.17) is 4.74 Å². The van der Waals surface area contributed by atoms with E-state index in [1.54, 1.807) is 6.07 Å². The van der Waals surface area contributed by atoms with Gasteiger partial charge in [0.1, 0.15) is 0 Å². The molecule has 0 amide bonds. The van der Waals surface area contributed by atoms with Gasteiger partial charge in [0.2, 0.25) is 5.75 Å². The summed E-state index contributed by atoms with van der Waals surface area (Å²) in [7, 11) is 0. The molecule has 2 rings (SSSR count). The fourth-order valence-electron chi connectivity index (χ4n) is 1.52. The van der Waals surface area contributed by atoms with Crippen LogP contribution in [0.25, 0.3) is 10.8 Å². The third-order valence-corrected chi connectivity index (χ3v) is 2.13. The molecule has 0 bridgehead atoms. The van der Waals surface area contributed by atoms with Crippen LogP contribution >= 0.6 is 0 Å². The zero-order valence-corrected chi connectivity index (χ0v) is 7.99. The topological polar surface area (TPSA) is 29.1 Å². The minimum absolute atomic E-state index is 0.0504. The average Bonchev–Trinajstić information content (AvgIpc) is 2.23. The summed E-state index contributed by atoms with van der Waals surface area (Å²) in [5.41, 5.74) is 0. The lowest BCUT2D eigenvalue weighted by molar-refractivity contribution is 0.291. The molecule has 0 aromatic heterocycles. The number of hydrogen-bond acceptors (Lipinski definition) is 1. The average molecular weight is 187 g/mol. The Morgan fingerprint density at radius 3 is 2.71 bits per heavy atom. The molecule has 0 saturated carbocycles. The molecule has 0 spiro atoms. The van der Waals surface area contributed by atoms with Crippen LogP contribution < -0.4 is 4.74 Å². The maximum absolute atomic E-state index is 11.5. The molecular formula is C12H11O2. The molecular weight excluding hydrogens is 176 g/mol. The number of benzene rings is 2. The lowest BCUT2D eigenvalue weighted by Crippen LogP contribution is -1.92. The summed E-state index contributed by atoms with van der Waals surface area (Å²) in [6, 6.07) is 11.1. The summed E-state index contributed by atoms with van der Waals surface area (Å²) in [5, 5.41) is 13.4. The SMILES string of the molecule is CCOc1c([O])ccc2ccccc12. The Balaban J connectivity index is 2.69. The van der Waals surface area contributed by atoms with Gasteiger partial charge in [-0.05, 0) is 18.4 Å². The van der Waals surface area contributed by atoms with E-state index in [9.17, 15) is 5.11 Å². The molecule has 0 aliphatic rings. The fourth-order valence-corrected chi connectivity index (χ4v) is 1.52. The van der Waals surface area contributed by atoms with Crippen LogP contribution in [-0.4, -0.2) is 6.61 Å². The van der Waals surface area contributed by atoms with Crippen molar-refractivity contribution in [2.24, 2.45) is 0 Å². The first-order valence-electron chi connectivity index (χ1n) is 4.64. The molecule has 2 aromatic rings. The Bertz CT molecular complexity index is 449. The summed E-state index contributed by atoms with van der Waals surface area (Å²) in [4.78, 5) is 0. The van der Waals surface area contributed by atoms with Gasteiger partial charge in [0.25, 0.3) is 0 Å². The summed E-state index contributed by atoms with van der Waals surface area (Å²) in [6.07, 6.45) is 0. The molecule has 0 saturated heterocycles. The number of ether oxygens (including phenoxy) is 1. The van der Waals surface area contributed by atoms with Gasteiger partial charge < -0.3 is 4.74 Å². The van der Waals surface area contributed by atoms with Gasteiger partial charge >= 0.3 is 0 Å². The third kappa shape index (κ3) is 1.39. The molecule has 71 valence electrons. The van der Waals surface area contributed by atoms with Gasteiger partial charge in [-0.2, -0.15) is 0 Å². The highest BCUT2D eigenvalue weighted by Gasteiger charge is 2.08. The van der Waals surface area contributed by atoms with Crippen LogP contribution in [0.4, 0.5) is 0 Å². The number of fused-ring (bicyclic) bond motifs is 1. The zero-order chi connectivity index (χ0) is 9.97. The minimum atomic E-state index is -0.0504. The number of hydrogen-bond donors (Lipinski definition) is 0. The highest BCUT2D eigenvalue weighted by molar-refractivity contribution is 5.90. The standard InChI is InChI=1S/C12H11O2/c1-2-14-12-10-6-4-3-5-9(10)7-8-11(12)13/h3-8H,2H2,1H3. The summed E-state index contributed by atoms with van der Waals surface area (Å²) in [6.45, 7) is 2.39. The predicted octanol–water partition coefficient (Wildman–Crippen LogP) is 3.38. The first-order valence-corrected chi connectivity index (χ1v) is 4.64. The maximum Gasteiger partial charge on any atom is 0.221 e. The lowest BCUT2D eigenvalue weighted by atomic mass is 10.1. The molecule has 2 nitrogen and oxygen atoms in total. The van der Waals surface area contributed by atoms with Crippen LogP contribution in [0.3, 0.4) is 0 Å². The molecule has 0 N–H and O–H groups in total. The zero-order valence-electron chi connectivity index (χ0n) is 7.99. The smallest absolute Gasteiger partial charge is 0.221 e. The molecule has 0 fully saturated rings. The minimum Gasteiger partial charge on any atom is -0.489 e. The normalized spacial score (nSPS) is 10.4. The van der Waals surface area contributed by atoms with Crippen molar-refractivity contribution in [3.05, 3.63) is 36.4 Å². The Morgan fingerprint density at radius 1 is 1.14 bits per heavy atom. The van der Waals surface area contributed by atoms with Gasteiger partial charge in [-0.15, -0.1) is 0 Å². The van der Waals surface area contributed by atoms with Crippen molar-refractivity contribution in [2.45, 2.75) is 6.92 Å². The lowest BCUT2D eigenvalue weighted by Gasteiger charge is -2.07. The number of rotatable bonds is 2. The quantitative estimate of drug-likeness (QED) is 0.708. The van der Waals surface area contributed by atoms with Crippen molar-refractivity contribution in [3.63, 3.8) is 0 Å². The van der Waals surface area contributed by atoms with E-state index in [2.05, 4.69) is 0 Å². The van der Waals surface area contributed by atoms with Crippen LogP contribution in [0.5, 0.6) is 11.5 Å². The van der Waals surface area contributed by atoms with Crippen LogP contribution in [0, 0.1) is 0 Å². The van der Waals surface area contributed by atoms with Gasteiger partial charge in [-0.3, -0.25) is 5.11 Å². The van der Waals surface area contributed by atoms with Crippen molar-refractivity contribution in [3.8, 4) is 11.5 Å². The van der Waals surface area contributed by atoms with Crippen molar-refractivity contribution in [1.29, 1.82) is 0 Å². The van der Waals surface area contributed by atoms with E-state index in [0.717, 1.165) is 10.8 Å². The second-order valence-corrected chi connectivity index (χ2v) is 3.05. The molecule has 2 heteroatoms. The van der Waals surface area contributed by atoms with Gasteiger partial charge in [0.05, 0.1) is 6.61 Å². The van der Waals surface area contributed by atoms with Gasteiger partial charge in [-0.25, -0.2) is 0 Å². The molecule has 0 aliphatic carbocycles. The van der Waals surface area contributed by atoms with E-state index < -0.39 is 0 Å². The predicted molar refractivity (Wildman–Crippen MR) is 55.2 cm³/mol. The van der Waals surface area contributed by atoms with Crippen molar-refractivity contribution >= 4 is 10.8 Å². The van der Waals surface area contributed by atoms with Crippen LogP contribution in [-0.2, 0) is 5.11 Å². The van der Waals surface area contributed by atoms with Crippen molar-refractivity contribution in [1.82, 2.24) is 0 Å². The molecule has 2 aromatic carbocycles. The summed E-state index contributed by atoms with van der Waals surface area (Å²) in [5.74, 6) is 0.413. The monoisotopic (exact) mass is 187 g/mol. The first kappa shape index (κ1) is 8.88. The van der Waals surface area contributed by atoms with Crippen LogP contribution in [0.15, 0.2) is 36.4 Å². The van der Waals surface area contributed by atoms with Crippen molar-refractivity contribution < 1.29 is 9.84 Å². The summed E-state index contributed by atoms with van der Waals surface area (Å²) < 4.78 is 5.34. The highest BCUT2D eigenvalue weighted by Crippen LogP contribution is 2.34. The second kappa shape index (κ2) is 3.58. The maximum atomic E-state index is 11.5. The van der Waals surface area contributed by atoms with Gasteiger partial charge in [0.15, 0.2) is 5.75 Å². The van der Waals surface area contributed by atoms with E-state index in [-0.39, 0.29) is 5.75 Å². The van der Waals surface area contributed by atoms with E-state index in [0.29, 0.717) is 12.4 Å². The second-order valence-electron chi connectivity index (χ2n) is 3.05. The molecule has 0 aliphatic heterocycles. The molecule has 0 heterocycles. The Labute approximate surface area is 82.8 Å². The molecule has 0 unspecified atom stereocenters. The van der Waals surface area contributed by atoms with Crippen LogP contribution in [0.1, 0.15) is 6.92 Å². The van der Waals surface area contributed by atoms with E-state index in [1.807, 2.05) is 37.3 Å². The van der Waals surface area contributed by atoms with Crippen molar-refractivity contribution in [2.75, 3.05) is 6.61 Å². The van der Waals surface area contributed by atoms with Gasteiger partial charge in [-0.1, -0.05) is 30.3 Å². The summed E-state index contributed by atoms with van der Waals surface area (Å²) >= 11 is 0. The molecule has 1 radical (unpaired) electrons. The van der Waals surface area contributed by atoms with Gasteiger partial charge in [0, 0.05) is 5.39 Å². The Kier molecular flexibility index (Phi) is 2.27.